The fourth-order valence-corrected chi connectivity index (χ4v) is 2.87. The molecule has 4 nitrogen and oxygen atoms in total. The quantitative estimate of drug-likeness (QED) is 0.601. The van der Waals surface area contributed by atoms with Crippen LogP contribution in [0.2, 0.25) is 0 Å². The number of hydrogen-bond donors (Lipinski definition) is 0. The maximum atomic E-state index is 12.1. The van der Waals surface area contributed by atoms with Gasteiger partial charge >= 0.3 is 18.1 Å². The fraction of sp³-hybridized carbons (Fsp3) is 0.882. The van der Waals surface area contributed by atoms with Crippen LogP contribution in [0.1, 0.15) is 71.6 Å². The Kier molecular flexibility index (Phi) is 8.03. The molecule has 1 fully saturated rings. The summed E-state index contributed by atoms with van der Waals surface area (Å²) in [6.45, 7) is 2.17. The Labute approximate surface area is 141 Å². The first kappa shape index (κ1) is 20.8. The van der Waals surface area contributed by atoms with Gasteiger partial charge in [0.05, 0.1) is 5.92 Å². The molecule has 0 aromatic carbocycles. The lowest BCUT2D eigenvalue weighted by atomic mass is 9.81. The molecule has 1 rings (SSSR count). The molecule has 0 aromatic heterocycles. The van der Waals surface area contributed by atoms with Crippen LogP contribution in [0.5, 0.6) is 0 Å². The van der Waals surface area contributed by atoms with E-state index in [1.165, 1.54) is 0 Å². The average Bonchev–Trinajstić information content (AvgIpc) is 2.52. The molecular formula is C17H27F3O4. The van der Waals surface area contributed by atoms with Crippen molar-refractivity contribution in [2.45, 2.75) is 83.4 Å². The van der Waals surface area contributed by atoms with Crippen LogP contribution in [0.25, 0.3) is 0 Å². The Bertz CT molecular complexity index is 415. The van der Waals surface area contributed by atoms with Crippen molar-refractivity contribution in [1.29, 1.82) is 0 Å². The highest BCUT2D eigenvalue weighted by Gasteiger charge is 2.36. The molecule has 0 N–H and O–H groups in total. The summed E-state index contributed by atoms with van der Waals surface area (Å²) in [6, 6.07) is 0. The van der Waals surface area contributed by atoms with Crippen molar-refractivity contribution in [3.63, 3.8) is 0 Å². The monoisotopic (exact) mass is 352 g/mol. The van der Waals surface area contributed by atoms with Crippen molar-refractivity contribution in [1.82, 2.24) is 0 Å². The standard InChI is InChI=1S/C17H27F3O4/c1-3-13(2)15(22)24-16(9-5-4-6-10-16)11-7-8-14(21)23-12-17(18,19)20/h13H,3-12H2,1-2H3. The van der Waals surface area contributed by atoms with Gasteiger partial charge in [-0.15, -0.1) is 0 Å². The molecule has 1 aliphatic rings. The molecule has 7 heteroatoms. The van der Waals surface area contributed by atoms with Crippen LogP contribution in [-0.2, 0) is 19.1 Å². The van der Waals surface area contributed by atoms with E-state index in [2.05, 4.69) is 4.74 Å². The van der Waals surface area contributed by atoms with E-state index < -0.39 is 24.4 Å². The first-order valence-corrected chi connectivity index (χ1v) is 8.63. The van der Waals surface area contributed by atoms with E-state index in [0.717, 1.165) is 32.1 Å². The zero-order valence-corrected chi connectivity index (χ0v) is 14.4. The van der Waals surface area contributed by atoms with E-state index in [-0.39, 0.29) is 18.3 Å². The number of halogens is 3. The number of carbonyl (C=O) groups is 2. The summed E-state index contributed by atoms with van der Waals surface area (Å²) in [7, 11) is 0. The summed E-state index contributed by atoms with van der Waals surface area (Å²) in [6.07, 6.45) is 1.39. The van der Waals surface area contributed by atoms with Gasteiger partial charge in [-0.3, -0.25) is 9.59 Å². The van der Waals surface area contributed by atoms with Crippen LogP contribution in [0.4, 0.5) is 13.2 Å². The van der Waals surface area contributed by atoms with E-state index in [1.54, 1.807) is 0 Å². The van der Waals surface area contributed by atoms with Gasteiger partial charge in [0.25, 0.3) is 0 Å². The zero-order chi connectivity index (χ0) is 18.2. The van der Waals surface area contributed by atoms with Gasteiger partial charge < -0.3 is 9.47 Å². The van der Waals surface area contributed by atoms with Crippen LogP contribution < -0.4 is 0 Å². The van der Waals surface area contributed by atoms with Crippen LogP contribution in [-0.4, -0.2) is 30.3 Å². The van der Waals surface area contributed by atoms with Gasteiger partial charge in [0.2, 0.25) is 0 Å². The smallest absolute Gasteiger partial charge is 0.422 e. The molecule has 24 heavy (non-hydrogen) atoms. The molecule has 1 atom stereocenters. The highest BCUT2D eigenvalue weighted by Crippen LogP contribution is 2.36. The van der Waals surface area contributed by atoms with Gasteiger partial charge in [-0.2, -0.15) is 13.2 Å². The normalized spacial score (nSPS) is 18.7. The largest absolute Gasteiger partial charge is 0.459 e. The third-order valence-electron chi connectivity index (χ3n) is 4.51. The van der Waals surface area contributed by atoms with E-state index in [0.29, 0.717) is 19.3 Å². The van der Waals surface area contributed by atoms with Crippen molar-refractivity contribution in [3.8, 4) is 0 Å². The predicted molar refractivity (Wildman–Crippen MR) is 82.2 cm³/mol. The second kappa shape index (κ2) is 9.28. The lowest BCUT2D eigenvalue weighted by Gasteiger charge is -2.37. The highest BCUT2D eigenvalue weighted by molar-refractivity contribution is 5.72. The minimum Gasteiger partial charge on any atom is -0.459 e. The van der Waals surface area contributed by atoms with Gasteiger partial charge in [-0.05, 0) is 44.9 Å². The number of hydrogen-bond acceptors (Lipinski definition) is 4. The molecule has 0 spiro atoms. The lowest BCUT2D eigenvalue weighted by Crippen LogP contribution is -2.39. The van der Waals surface area contributed by atoms with Crippen molar-refractivity contribution in [3.05, 3.63) is 0 Å². The van der Waals surface area contributed by atoms with Crippen molar-refractivity contribution in [2.24, 2.45) is 5.92 Å². The van der Waals surface area contributed by atoms with Crippen LogP contribution in [0, 0.1) is 5.92 Å². The molecule has 0 saturated heterocycles. The molecule has 1 aliphatic carbocycles. The first-order chi connectivity index (χ1) is 11.2. The van der Waals surface area contributed by atoms with E-state index in [1.807, 2.05) is 13.8 Å². The number of carbonyl (C=O) groups excluding carboxylic acids is 2. The molecule has 140 valence electrons. The van der Waals surface area contributed by atoms with E-state index in [4.69, 9.17) is 4.74 Å². The molecule has 0 amide bonds. The SMILES string of the molecule is CCC(C)C(=O)OC1(CCCC(=O)OCC(F)(F)F)CCCCC1. The number of alkyl halides is 3. The van der Waals surface area contributed by atoms with Gasteiger partial charge in [-0.25, -0.2) is 0 Å². The molecule has 1 saturated carbocycles. The van der Waals surface area contributed by atoms with Crippen LogP contribution in [0.15, 0.2) is 0 Å². The van der Waals surface area contributed by atoms with Gasteiger partial charge in [0, 0.05) is 6.42 Å². The van der Waals surface area contributed by atoms with Crippen molar-refractivity contribution in [2.75, 3.05) is 6.61 Å². The maximum absolute atomic E-state index is 12.1. The first-order valence-electron chi connectivity index (χ1n) is 8.63. The molecule has 0 aliphatic heterocycles. The second-order valence-corrected chi connectivity index (χ2v) is 6.60. The van der Waals surface area contributed by atoms with E-state index >= 15 is 0 Å². The summed E-state index contributed by atoms with van der Waals surface area (Å²) in [5, 5.41) is 0. The summed E-state index contributed by atoms with van der Waals surface area (Å²) in [5.74, 6) is -1.29. The van der Waals surface area contributed by atoms with Gasteiger partial charge in [-0.1, -0.05) is 20.3 Å². The van der Waals surface area contributed by atoms with Gasteiger partial charge in [0.1, 0.15) is 5.60 Å². The number of ether oxygens (including phenoxy) is 2. The Morgan fingerprint density at radius 3 is 2.33 bits per heavy atom. The number of esters is 2. The third-order valence-corrected chi connectivity index (χ3v) is 4.51. The van der Waals surface area contributed by atoms with Crippen LogP contribution in [0.3, 0.4) is 0 Å². The molecule has 0 heterocycles. The second-order valence-electron chi connectivity index (χ2n) is 6.60. The molecule has 0 aromatic rings. The molecule has 1 unspecified atom stereocenters. The minimum absolute atomic E-state index is 0.0985. The Morgan fingerprint density at radius 1 is 1.17 bits per heavy atom. The van der Waals surface area contributed by atoms with Crippen molar-refractivity contribution >= 4 is 11.9 Å². The Morgan fingerprint density at radius 2 is 1.79 bits per heavy atom. The number of rotatable bonds is 8. The Balaban J connectivity index is 2.48. The average molecular weight is 352 g/mol. The maximum Gasteiger partial charge on any atom is 0.422 e. The van der Waals surface area contributed by atoms with Gasteiger partial charge in [0.15, 0.2) is 6.61 Å². The van der Waals surface area contributed by atoms with E-state index in [9.17, 15) is 22.8 Å². The molecule has 0 bridgehead atoms. The Hall–Kier alpha value is -1.27. The lowest BCUT2D eigenvalue weighted by molar-refractivity contribution is -0.186. The summed E-state index contributed by atoms with van der Waals surface area (Å²) < 4.78 is 46.0. The third kappa shape index (κ3) is 7.53. The summed E-state index contributed by atoms with van der Waals surface area (Å²) in [5.41, 5.74) is -0.580. The van der Waals surface area contributed by atoms with Crippen molar-refractivity contribution < 1.29 is 32.2 Å². The minimum atomic E-state index is -4.51. The summed E-state index contributed by atoms with van der Waals surface area (Å²) in [4.78, 5) is 23.5. The fourth-order valence-electron chi connectivity index (χ4n) is 2.87. The van der Waals surface area contributed by atoms with Crippen LogP contribution >= 0.6 is 0 Å². The molecular weight excluding hydrogens is 325 g/mol. The topological polar surface area (TPSA) is 52.6 Å². The molecule has 0 radical (unpaired) electrons. The zero-order valence-electron chi connectivity index (χ0n) is 14.4. The summed E-state index contributed by atoms with van der Waals surface area (Å²) >= 11 is 0. The predicted octanol–water partition coefficient (Wildman–Crippen LogP) is 4.55. The highest BCUT2D eigenvalue weighted by atomic mass is 19.4.